The summed E-state index contributed by atoms with van der Waals surface area (Å²) >= 11 is 1.20. The van der Waals surface area contributed by atoms with Crippen LogP contribution in [0.1, 0.15) is 26.7 Å². The zero-order chi connectivity index (χ0) is 16.3. The van der Waals surface area contributed by atoms with E-state index >= 15 is 0 Å². The van der Waals surface area contributed by atoms with Crippen LogP contribution < -0.4 is 10.5 Å². The van der Waals surface area contributed by atoms with E-state index in [1.54, 1.807) is 22.4 Å². The van der Waals surface area contributed by atoms with Crippen LogP contribution >= 0.6 is 11.3 Å². The molecule has 0 spiro atoms. The summed E-state index contributed by atoms with van der Waals surface area (Å²) in [6, 6.07) is 3.01. The Bertz CT molecular complexity index is 591. The number of nitrogens with two attached hydrogens (primary N) is 1. The molecule has 8 heteroatoms. The average molecular weight is 345 g/mol. The fourth-order valence-electron chi connectivity index (χ4n) is 2.42. The first-order chi connectivity index (χ1) is 10.3. The summed E-state index contributed by atoms with van der Waals surface area (Å²) in [6.45, 7) is 4.78. The van der Waals surface area contributed by atoms with Crippen LogP contribution in [0, 0.1) is 5.92 Å². The third-order valence-corrected chi connectivity index (χ3v) is 6.98. The minimum Gasteiger partial charge on any atom is -0.342 e. The summed E-state index contributed by atoms with van der Waals surface area (Å²) in [7, 11) is -3.44. The van der Waals surface area contributed by atoms with E-state index in [0.717, 1.165) is 0 Å². The zero-order valence-electron chi connectivity index (χ0n) is 12.9. The highest BCUT2D eigenvalue weighted by atomic mass is 32.2. The van der Waals surface area contributed by atoms with Crippen LogP contribution in [0.3, 0.4) is 0 Å². The molecule has 1 aliphatic heterocycles. The minimum atomic E-state index is -3.44. The zero-order valence-corrected chi connectivity index (χ0v) is 14.5. The van der Waals surface area contributed by atoms with E-state index in [2.05, 4.69) is 4.72 Å². The lowest BCUT2D eigenvalue weighted by Gasteiger charge is -2.34. The van der Waals surface area contributed by atoms with Gasteiger partial charge >= 0.3 is 0 Å². The Labute approximate surface area is 135 Å². The first-order valence-corrected chi connectivity index (χ1v) is 9.77. The van der Waals surface area contributed by atoms with Gasteiger partial charge in [-0.2, -0.15) is 0 Å². The van der Waals surface area contributed by atoms with Crippen LogP contribution in [-0.2, 0) is 14.8 Å². The van der Waals surface area contributed by atoms with Crippen LogP contribution in [-0.4, -0.2) is 44.4 Å². The standard InChI is InChI=1S/C14H23N3O3S2/c1-10(11(2)15)14(18)17-7-5-12(6-8-17)16-22(19,20)13-4-3-9-21-13/h3-4,9-12,16H,5-8,15H2,1-2H3. The van der Waals surface area contributed by atoms with Crippen LogP contribution in [0.25, 0.3) is 0 Å². The smallest absolute Gasteiger partial charge is 0.250 e. The summed E-state index contributed by atoms with van der Waals surface area (Å²) in [5.74, 6) is -0.158. The van der Waals surface area contributed by atoms with Crippen molar-refractivity contribution >= 4 is 27.3 Å². The van der Waals surface area contributed by atoms with Crippen LogP contribution in [0.5, 0.6) is 0 Å². The highest BCUT2D eigenvalue weighted by Crippen LogP contribution is 2.19. The molecule has 1 amide bonds. The molecule has 22 heavy (non-hydrogen) atoms. The van der Waals surface area contributed by atoms with Crippen molar-refractivity contribution in [2.75, 3.05) is 13.1 Å². The number of nitrogens with one attached hydrogen (secondary N) is 1. The van der Waals surface area contributed by atoms with Crippen LogP contribution in [0.2, 0.25) is 0 Å². The Balaban J connectivity index is 1.89. The molecule has 1 fully saturated rings. The Hall–Kier alpha value is -0.960. The Morgan fingerprint density at radius 3 is 2.55 bits per heavy atom. The monoisotopic (exact) mass is 345 g/mol. The SMILES string of the molecule is CC(N)C(C)C(=O)N1CCC(NS(=O)(=O)c2cccs2)CC1. The van der Waals surface area contributed by atoms with Gasteiger partial charge in [-0.05, 0) is 31.2 Å². The molecule has 6 nitrogen and oxygen atoms in total. The van der Waals surface area contributed by atoms with Crippen molar-refractivity contribution in [3.05, 3.63) is 17.5 Å². The van der Waals surface area contributed by atoms with Gasteiger partial charge in [-0.3, -0.25) is 4.79 Å². The van der Waals surface area contributed by atoms with Gasteiger partial charge in [0.05, 0.1) is 5.92 Å². The molecule has 2 unspecified atom stereocenters. The highest BCUT2D eigenvalue weighted by molar-refractivity contribution is 7.91. The van der Waals surface area contributed by atoms with Crippen molar-refractivity contribution in [1.29, 1.82) is 0 Å². The van der Waals surface area contributed by atoms with Gasteiger partial charge in [0, 0.05) is 25.2 Å². The first-order valence-electron chi connectivity index (χ1n) is 7.41. The molecule has 2 atom stereocenters. The first kappa shape index (κ1) is 17.4. The van der Waals surface area contributed by atoms with E-state index < -0.39 is 10.0 Å². The molecule has 1 aromatic rings. The Morgan fingerprint density at radius 1 is 1.41 bits per heavy atom. The normalized spacial score (nSPS) is 19.9. The van der Waals surface area contributed by atoms with Gasteiger partial charge in [-0.15, -0.1) is 11.3 Å². The molecule has 0 saturated carbocycles. The van der Waals surface area contributed by atoms with Gasteiger partial charge in [0.15, 0.2) is 0 Å². The third kappa shape index (κ3) is 4.07. The number of piperidine rings is 1. The largest absolute Gasteiger partial charge is 0.342 e. The molecule has 1 saturated heterocycles. The topological polar surface area (TPSA) is 92.5 Å². The van der Waals surface area contributed by atoms with Crippen LogP contribution in [0.15, 0.2) is 21.7 Å². The second kappa shape index (κ2) is 7.08. The summed E-state index contributed by atoms with van der Waals surface area (Å²) in [4.78, 5) is 14.0. The van der Waals surface area contributed by atoms with Crippen molar-refractivity contribution in [2.45, 2.75) is 43.0 Å². The van der Waals surface area contributed by atoms with Gasteiger partial charge in [-0.1, -0.05) is 13.0 Å². The molecule has 0 bridgehead atoms. The lowest BCUT2D eigenvalue weighted by atomic mass is 10.00. The number of nitrogens with zero attached hydrogens (tertiary/aromatic N) is 1. The second-order valence-corrected chi connectivity index (χ2v) is 8.69. The third-order valence-electron chi connectivity index (χ3n) is 4.07. The second-order valence-electron chi connectivity index (χ2n) is 5.80. The molecule has 1 aromatic heterocycles. The van der Waals surface area contributed by atoms with E-state index in [0.29, 0.717) is 30.1 Å². The van der Waals surface area contributed by atoms with E-state index in [-0.39, 0.29) is 23.9 Å². The molecule has 1 aliphatic rings. The number of sulfonamides is 1. The molecule has 2 rings (SSSR count). The Kier molecular flexibility index (Phi) is 5.60. The molecule has 0 aromatic carbocycles. The maximum absolute atomic E-state index is 12.2. The van der Waals surface area contributed by atoms with Crippen molar-refractivity contribution < 1.29 is 13.2 Å². The van der Waals surface area contributed by atoms with Gasteiger partial charge < -0.3 is 10.6 Å². The quantitative estimate of drug-likeness (QED) is 0.833. The number of hydrogen-bond donors (Lipinski definition) is 2. The summed E-state index contributed by atoms with van der Waals surface area (Å²) < 4.78 is 27.4. The molecule has 2 heterocycles. The number of hydrogen-bond acceptors (Lipinski definition) is 5. The summed E-state index contributed by atoms with van der Waals surface area (Å²) in [5, 5.41) is 1.74. The molecular weight excluding hydrogens is 322 g/mol. The van der Waals surface area contributed by atoms with Gasteiger partial charge in [-0.25, -0.2) is 13.1 Å². The van der Waals surface area contributed by atoms with Gasteiger partial charge in [0.1, 0.15) is 4.21 Å². The number of amides is 1. The maximum Gasteiger partial charge on any atom is 0.250 e. The summed E-state index contributed by atoms with van der Waals surface area (Å²) in [6.07, 6.45) is 1.25. The molecule has 124 valence electrons. The fraction of sp³-hybridized carbons (Fsp3) is 0.643. The lowest BCUT2D eigenvalue weighted by Crippen LogP contribution is -2.49. The number of thiophene rings is 1. The molecule has 0 radical (unpaired) electrons. The fourth-order valence-corrected chi connectivity index (χ4v) is 4.74. The van der Waals surface area contributed by atoms with E-state index in [4.69, 9.17) is 5.73 Å². The highest BCUT2D eigenvalue weighted by Gasteiger charge is 2.29. The van der Waals surface area contributed by atoms with Crippen molar-refractivity contribution in [1.82, 2.24) is 9.62 Å². The number of likely N-dealkylation sites (tertiary alicyclic amines) is 1. The van der Waals surface area contributed by atoms with E-state index in [1.165, 1.54) is 11.3 Å². The number of rotatable bonds is 5. The van der Waals surface area contributed by atoms with Gasteiger partial charge in [0.25, 0.3) is 0 Å². The minimum absolute atomic E-state index is 0.0505. The predicted molar refractivity (Wildman–Crippen MR) is 87.1 cm³/mol. The summed E-state index contributed by atoms with van der Waals surface area (Å²) in [5.41, 5.74) is 5.77. The predicted octanol–water partition coefficient (Wildman–Crippen LogP) is 1.00. The van der Waals surface area contributed by atoms with E-state index in [9.17, 15) is 13.2 Å². The maximum atomic E-state index is 12.2. The lowest BCUT2D eigenvalue weighted by molar-refractivity contribution is -0.136. The van der Waals surface area contributed by atoms with Crippen molar-refractivity contribution in [3.8, 4) is 0 Å². The molecule has 3 N–H and O–H groups in total. The number of carbonyl (C=O) groups excluding carboxylic acids is 1. The van der Waals surface area contributed by atoms with Crippen LogP contribution in [0.4, 0.5) is 0 Å². The van der Waals surface area contributed by atoms with E-state index in [1.807, 2.05) is 13.8 Å². The van der Waals surface area contributed by atoms with Gasteiger partial charge in [0.2, 0.25) is 15.9 Å². The average Bonchev–Trinajstić information content (AvgIpc) is 3.01. The Morgan fingerprint density at radius 2 is 2.05 bits per heavy atom. The van der Waals surface area contributed by atoms with Crippen molar-refractivity contribution in [2.24, 2.45) is 11.7 Å². The molecular formula is C14H23N3O3S2. The number of carbonyl (C=O) groups is 1. The molecule has 0 aliphatic carbocycles. The van der Waals surface area contributed by atoms with Crippen molar-refractivity contribution in [3.63, 3.8) is 0 Å².